The Morgan fingerprint density at radius 1 is 0.722 bits per heavy atom. The minimum atomic E-state index is -0.427. The van der Waals surface area contributed by atoms with E-state index in [0.717, 1.165) is 27.1 Å². The molecule has 4 N–H and O–H groups in total. The number of rotatable bonds is 9. The van der Waals surface area contributed by atoms with E-state index in [1.54, 1.807) is 12.1 Å². The molecule has 0 aromatic heterocycles. The maximum absolute atomic E-state index is 13.3. The number of hydrogen-bond donors (Lipinski definition) is 4. The second kappa shape index (κ2) is 11.3. The van der Waals surface area contributed by atoms with Gasteiger partial charge in [0.2, 0.25) is 0 Å². The molecule has 0 aliphatic rings. The van der Waals surface area contributed by atoms with Crippen LogP contribution in [0.5, 0.6) is 0 Å². The van der Waals surface area contributed by atoms with Crippen LogP contribution in [-0.2, 0) is 6.42 Å². The summed E-state index contributed by atoms with van der Waals surface area (Å²) in [6.07, 6.45) is 0.517. The van der Waals surface area contributed by atoms with Gasteiger partial charge in [-0.1, -0.05) is 68.4 Å². The van der Waals surface area contributed by atoms with Crippen molar-refractivity contribution in [2.75, 3.05) is 13.2 Å². The fourth-order valence-electron chi connectivity index (χ4n) is 4.44. The lowest BCUT2D eigenvalue weighted by molar-refractivity contribution is 0.0896. The zero-order valence-electron chi connectivity index (χ0n) is 20.6. The summed E-state index contributed by atoms with van der Waals surface area (Å²) in [5.41, 5.74) is 1.99. The van der Waals surface area contributed by atoms with E-state index >= 15 is 0 Å². The van der Waals surface area contributed by atoms with Crippen molar-refractivity contribution < 1.29 is 19.8 Å². The van der Waals surface area contributed by atoms with Gasteiger partial charge in [0.25, 0.3) is 11.8 Å². The average Bonchev–Trinajstić information content (AvgIpc) is 2.89. The second-order valence-corrected chi connectivity index (χ2v) is 9.45. The molecule has 0 saturated heterocycles. The minimum absolute atomic E-state index is 0.0837. The summed E-state index contributed by atoms with van der Waals surface area (Å²) in [7, 11) is 0. The summed E-state index contributed by atoms with van der Waals surface area (Å²) < 4.78 is 0. The lowest BCUT2D eigenvalue weighted by Crippen LogP contribution is -2.41. The highest BCUT2D eigenvalue weighted by Gasteiger charge is 2.20. The van der Waals surface area contributed by atoms with Gasteiger partial charge < -0.3 is 20.8 Å². The van der Waals surface area contributed by atoms with Crippen LogP contribution in [0, 0.1) is 5.92 Å². The van der Waals surface area contributed by atoms with E-state index in [1.807, 2.05) is 80.6 Å². The van der Waals surface area contributed by atoms with Gasteiger partial charge in [0.1, 0.15) is 0 Å². The number of benzene rings is 4. The van der Waals surface area contributed by atoms with E-state index in [9.17, 15) is 19.8 Å². The Morgan fingerprint density at radius 2 is 1.31 bits per heavy atom. The summed E-state index contributed by atoms with van der Waals surface area (Å²) in [6, 6.07) is 23.8. The first kappa shape index (κ1) is 25.4. The standard InChI is InChI=1S/C30H32N2O4/c1-19(2)28(18-34)32-30(36)25-13-7-11-22-15-21-10-6-12-24(26(21)16-27(22)25)29(35)31-23(17-33)14-20-8-4-3-5-9-20/h3-13,15-16,19,23,28,33-34H,14,17-18H2,1-2H3,(H,31,35)(H,32,36)/t23-,28+/m0/s1. The van der Waals surface area contributed by atoms with Crippen molar-refractivity contribution in [3.63, 3.8) is 0 Å². The first-order valence-electron chi connectivity index (χ1n) is 12.2. The molecule has 0 saturated carbocycles. The van der Waals surface area contributed by atoms with Crippen molar-refractivity contribution in [2.45, 2.75) is 32.4 Å². The van der Waals surface area contributed by atoms with Gasteiger partial charge in [-0.25, -0.2) is 0 Å². The number of carbonyl (C=O) groups is 2. The maximum Gasteiger partial charge on any atom is 0.252 e. The SMILES string of the molecule is CC(C)[C@@H](CO)NC(=O)c1cccc2cc3cccc(C(=O)N[C@H](CO)Cc4ccccc4)c3cc12. The second-order valence-electron chi connectivity index (χ2n) is 9.45. The third-order valence-electron chi connectivity index (χ3n) is 6.57. The van der Waals surface area contributed by atoms with Crippen molar-refractivity contribution in [2.24, 2.45) is 5.92 Å². The number of nitrogens with one attached hydrogen (secondary N) is 2. The molecule has 2 amide bonds. The molecule has 186 valence electrons. The molecule has 6 nitrogen and oxygen atoms in total. The van der Waals surface area contributed by atoms with Crippen LogP contribution in [0.2, 0.25) is 0 Å². The summed E-state index contributed by atoms with van der Waals surface area (Å²) in [5, 5.41) is 28.6. The molecule has 4 rings (SSSR count). The molecule has 2 atom stereocenters. The van der Waals surface area contributed by atoms with E-state index < -0.39 is 6.04 Å². The predicted molar refractivity (Wildman–Crippen MR) is 143 cm³/mol. The maximum atomic E-state index is 13.3. The smallest absolute Gasteiger partial charge is 0.252 e. The van der Waals surface area contributed by atoms with Gasteiger partial charge >= 0.3 is 0 Å². The van der Waals surface area contributed by atoms with Crippen LogP contribution >= 0.6 is 0 Å². The van der Waals surface area contributed by atoms with Crippen LogP contribution in [-0.4, -0.2) is 47.3 Å². The molecule has 0 unspecified atom stereocenters. The van der Waals surface area contributed by atoms with Crippen LogP contribution in [0.25, 0.3) is 21.5 Å². The Balaban J connectivity index is 1.68. The lowest BCUT2D eigenvalue weighted by atomic mass is 9.95. The summed E-state index contributed by atoms with van der Waals surface area (Å²) in [6.45, 7) is 3.57. The summed E-state index contributed by atoms with van der Waals surface area (Å²) in [5.74, 6) is -0.463. The fourth-order valence-corrected chi connectivity index (χ4v) is 4.44. The molecule has 0 aliphatic carbocycles. The molecule has 0 heterocycles. The van der Waals surface area contributed by atoms with Crippen LogP contribution < -0.4 is 10.6 Å². The highest BCUT2D eigenvalue weighted by Crippen LogP contribution is 2.28. The van der Waals surface area contributed by atoms with E-state index in [0.29, 0.717) is 17.5 Å². The Kier molecular flexibility index (Phi) is 7.98. The number of aliphatic hydroxyl groups is 2. The molecule has 6 heteroatoms. The minimum Gasteiger partial charge on any atom is -0.394 e. The number of carbonyl (C=O) groups excluding carboxylic acids is 2. The molecule has 4 aromatic carbocycles. The molecule has 0 aliphatic heterocycles. The molecular weight excluding hydrogens is 452 g/mol. The molecule has 36 heavy (non-hydrogen) atoms. The first-order chi connectivity index (χ1) is 17.4. The normalized spacial score (nSPS) is 13.0. The van der Waals surface area contributed by atoms with Crippen molar-refractivity contribution in [1.82, 2.24) is 10.6 Å². The average molecular weight is 485 g/mol. The number of aliphatic hydroxyl groups excluding tert-OH is 2. The summed E-state index contributed by atoms with van der Waals surface area (Å²) >= 11 is 0. The molecule has 0 bridgehead atoms. The van der Waals surface area contributed by atoms with Crippen LogP contribution in [0.15, 0.2) is 78.9 Å². The summed E-state index contributed by atoms with van der Waals surface area (Å²) in [4.78, 5) is 26.4. The van der Waals surface area contributed by atoms with Crippen molar-refractivity contribution in [1.29, 1.82) is 0 Å². The van der Waals surface area contributed by atoms with Crippen molar-refractivity contribution >= 4 is 33.4 Å². The van der Waals surface area contributed by atoms with Gasteiger partial charge in [-0.2, -0.15) is 0 Å². The molecule has 0 radical (unpaired) electrons. The Hall–Kier alpha value is -3.74. The highest BCUT2D eigenvalue weighted by atomic mass is 16.3. The molecule has 0 spiro atoms. The quantitative estimate of drug-likeness (QED) is 0.269. The topological polar surface area (TPSA) is 98.7 Å². The zero-order chi connectivity index (χ0) is 25.7. The van der Waals surface area contributed by atoms with Gasteiger partial charge in [0, 0.05) is 11.1 Å². The highest BCUT2D eigenvalue weighted by molar-refractivity contribution is 6.14. The van der Waals surface area contributed by atoms with E-state index in [1.165, 1.54) is 0 Å². The van der Waals surface area contributed by atoms with Gasteiger partial charge in [0.15, 0.2) is 0 Å². The van der Waals surface area contributed by atoms with Crippen molar-refractivity contribution in [3.05, 3.63) is 95.6 Å². The van der Waals surface area contributed by atoms with Crippen LogP contribution in [0.4, 0.5) is 0 Å². The number of amides is 2. The zero-order valence-corrected chi connectivity index (χ0v) is 20.6. The fraction of sp³-hybridized carbons (Fsp3) is 0.267. The van der Waals surface area contributed by atoms with E-state index in [4.69, 9.17) is 0 Å². The van der Waals surface area contributed by atoms with Crippen LogP contribution in [0.1, 0.15) is 40.1 Å². The largest absolute Gasteiger partial charge is 0.394 e. The molecular formula is C30H32N2O4. The third kappa shape index (κ3) is 5.56. The van der Waals surface area contributed by atoms with Crippen molar-refractivity contribution in [3.8, 4) is 0 Å². The first-order valence-corrected chi connectivity index (χ1v) is 12.2. The van der Waals surface area contributed by atoms with Gasteiger partial charge in [0.05, 0.1) is 25.3 Å². The number of hydrogen-bond acceptors (Lipinski definition) is 4. The monoisotopic (exact) mass is 484 g/mol. The van der Waals surface area contributed by atoms with E-state index in [2.05, 4.69) is 10.6 Å². The van der Waals surface area contributed by atoms with Gasteiger partial charge in [-0.05, 0) is 63.7 Å². The Labute approximate surface area is 211 Å². The predicted octanol–water partition coefficient (Wildman–Crippen LogP) is 4.07. The van der Waals surface area contributed by atoms with Crippen LogP contribution in [0.3, 0.4) is 0 Å². The lowest BCUT2D eigenvalue weighted by Gasteiger charge is -2.20. The Bertz CT molecular complexity index is 1370. The van der Waals surface area contributed by atoms with Gasteiger partial charge in [-0.15, -0.1) is 0 Å². The molecule has 4 aromatic rings. The Morgan fingerprint density at radius 3 is 1.83 bits per heavy atom. The third-order valence-corrected chi connectivity index (χ3v) is 6.57. The van der Waals surface area contributed by atoms with E-state index in [-0.39, 0.29) is 37.0 Å². The molecule has 0 fully saturated rings. The van der Waals surface area contributed by atoms with Gasteiger partial charge in [-0.3, -0.25) is 9.59 Å². The number of fused-ring (bicyclic) bond motifs is 2.